The molecule has 0 fully saturated rings. The number of halogens is 2. The fourth-order valence-electron chi connectivity index (χ4n) is 0.932. The van der Waals surface area contributed by atoms with Crippen molar-refractivity contribution in [2.75, 3.05) is 18.9 Å². The molecule has 0 aliphatic heterocycles. The van der Waals surface area contributed by atoms with Gasteiger partial charge in [0.05, 0.1) is 6.54 Å². The molecule has 1 rings (SSSR count). The molecule has 0 bridgehead atoms. The third-order valence-electron chi connectivity index (χ3n) is 1.45. The smallest absolute Gasteiger partial charge is 0.238 e. The van der Waals surface area contributed by atoms with E-state index >= 15 is 0 Å². The van der Waals surface area contributed by atoms with Crippen LogP contribution in [0.5, 0.6) is 0 Å². The van der Waals surface area contributed by atoms with Crippen molar-refractivity contribution in [1.29, 1.82) is 0 Å². The summed E-state index contributed by atoms with van der Waals surface area (Å²) in [6, 6.07) is 5.78. The third kappa shape index (κ3) is 4.20. The Morgan fingerprint density at radius 3 is 2.79 bits per heavy atom. The zero-order chi connectivity index (χ0) is 9.68. The van der Waals surface area contributed by atoms with Crippen LogP contribution in [0.2, 0.25) is 0 Å². The molecular weight excluding hydrogens is 207 g/mol. The normalized spacial score (nSPS) is 9.00. The number of hydrogen-bond donors (Lipinski definition) is 2. The number of benzene rings is 1. The van der Waals surface area contributed by atoms with Gasteiger partial charge in [0.15, 0.2) is 0 Å². The Balaban J connectivity index is 0.00000169. The second kappa shape index (κ2) is 6.34. The van der Waals surface area contributed by atoms with Gasteiger partial charge in [-0.2, -0.15) is 0 Å². The van der Waals surface area contributed by atoms with Crippen LogP contribution in [0.15, 0.2) is 24.3 Å². The topological polar surface area (TPSA) is 41.1 Å². The van der Waals surface area contributed by atoms with Crippen LogP contribution in [0.1, 0.15) is 0 Å². The van der Waals surface area contributed by atoms with E-state index in [1.807, 2.05) is 0 Å². The summed E-state index contributed by atoms with van der Waals surface area (Å²) in [7, 11) is 1.67. The maximum atomic E-state index is 12.6. The molecule has 0 aliphatic carbocycles. The van der Waals surface area contributed by atoms with E-state index in [-0.39, 0.29) is 30.7 Å². The average molecular weight is 219 g/mol. The fourth-order valence-corrected chi connectivity index (χ4v) is 0.932. The van der Waals surface area contributed by atoms with Crippen molar-refractivity contribution in [1.82, 2.24) is 5.32 Å². The van der Waals surface area contributed by atoms with Gasteiger partial charge in [-0.15, -0.1) is 12.4 Å². The van der Waals surface area contributed by atoms with E-state index in [1.54, 1.807) is 19.2 Å². The molecule has 1 aromatic carbocycles. The summed E-state index contributed by atoms with van der Waals surface area (Å²) in [6.45, 7) is 0.219. The van der Waals surface area contributed by atoms with Crippen molar-refractivity contribution >= 4 is 24.0 Å². The lowest BCUT2D eigenvalue weighted by atomic mass is 10.3. The van der Waals surface area contributed by atoms with Gasteiger partial charge in [-0.3, -0.25) is 4.79 Å². The van der Waals surface area contributed by atoms with Crippen molar-refractivity contribution in [2.24, 2.45) is 0 Å². The Kier molecular flexibility index (Phi) is 5.83. The minimum Gasteiger partial charge on any atom is -0.325 e. The largest absolute Gasteiger partial charge is 0.325 e. The number of carbonyl (C=O) groups is 1. The van der Waals surface area contributed by atoms with E-state index in [0.717, 1.165) is 0 Å². The van der Waals surface area contributed by atoms with Gasteiger partial charge in [-0.25, -0.2) is 4.39 Å². The van der Waals surface area contributed by atoms with Crippen LogP contribution in [0.4, 0.5) is 10.1 Å². The van der Waals surface area contributed by atoms with Gasteiger partial charge in [-0.05, 0) is 25.2 Å². The molecule has 1 aromatic rings. The molecule has 3 nitrogen and oxygen atoms in total. The molecule has 0 atom stereocenters. The first-order valence-corrected chi connectivity index (χ1v) is 3.92. The highest BCUT2D eigenvalue weighted by atomic mass is 35.5. The highest BCUT2D eigenvalue weighted by Crippen LogP contribution is 2.08. The molecule has 0 unspecified atom stereocenters. The van der Waals surface area contributed by atoms with Gasteiger partial charge < -0.3 is 10.6 Å². The third-order valence-corrected chi connectivity index (χ3v) is 1.45. The summed E-state index contributed by atoms with van der Waals surface area (Å²) in [6.07, 6.45) is 0. The van der Waals surface area contributed by atoms with Crippen molar-refractivity contribution in [3.8, 4) is 0 Å². The van der Waals surface area contributed by atoms with Crippen molar-refractivity contribution in [3.05, 3.63) is 30.1 Å². The standard InChI is InChI=1S/C9H11FN2O.ClH/c1-11-6-9(13)12-8-4-2-3-7(10)5-8;/h2-5,11H,6H2,1H3,(H,12,13);1H. The Hall–Kier alpha value is -1.13. The van der Waals surface area contributed by atoms with Crippen LogP contribution in [0.25, 0.3) is 0 Å². The predicted molar refractivity (Wildman–Crippen MR) is 56.2 cm³/mol. The lowest BCUT2D eigenvalue weighted by Gasteiger charge is -2.03. The number of likely N-dealkylation sites (N-methyl/N-ethyl adjacent to an activating group) is 1. The van der Waals surface area contributed by atoms with E-state index in [4.69, 9.17) is 0 Å². The number of rotatable bonds is 3. The number of anilines is 1. The van der Waals surface area contributed by atoms with Gasteiger partial charge in [0.1, 0.15) is 5.82 Å². The summed E-state index contributed by atoms with van der Waals surface area (Å²) < 4.78 is 12.6. The highest BCUT2D eigenvalue weighted by Gasteiger charge is 2.00. The molecule has 14 heavy (non-hydrogen) atoms. The number of amides is 1. The summed E-state index contributed by atoms with van der Waals surface area (Å²) in [5, 5.41) is 5.24. The molecule has 78 valence electrons. The van der Waals surface area contributed by atoms with E-state index in [1.165, 1.54) is 12.1 Å². The molecule has 0 saturated carbocycles. The SMILES string of the molecule is CNCC(=O)Nc1cccc(F)c1.Cl. The average Bonchev–Trinajstić information content (AvgIpc) is 2.04. The molecule has 0 spiro atoms. The molecular formula is C9H12ClFN2O. The summed E-state index contributed by atoms with van der Waals surface area (Å²) >= 11 is 0. The second-order valence-corrected chi connectivity index (χ2v) is 2.59. The minimum atomic E-state index is -0.359. The Morgan fingerprint density at radius 2 is 2.21 bits per heavy atom. The first-order chi connectivity index (χ1) is 6.22. The molecule has 0 heterocycles. The molecule has 0 aliphatic rings. The quantitative estimate of drug-likeness (QED) is 0.806. The molecule has 5 heteroatoms. The Bertz CT molecular complexity index is 307. The molecule has 0 radical (unpaired) electrons. The van der Waals surface area contributed by atoms with Crippen LogP contribution in [-0.2, 0) is 4.79 Å². The van der Waals surface area contributed by atoms with Gasteiger partial charge in [0.2, 0.25) is 5.91 Å². The molecule has 0 aromatic heterocycles. The van der Waals surface area contributed by atoms with Crippen LogP contribution >= 0.6 is 12.4 Å². The van der Waals surface area contributed by atoms with E-state index in [2.05, 4.69) is 10.6 Å². The number of carbonyl (C=O) groups excluding carboxylic acids is 1. The first-order valence-electron chi connectivity index (χ1n) is 3.92. The number of nitrogens with one attached hydrogen (secondary N) is 2. The van der Waals surface area contributed by atoms with Crippen molar-refractivity contribution in [3.63, 3.8) is 0 Å². The summed E-state index contributed by atoms with van der Waals surface area (Å²) in [4.78, 5) is 11.0. The van der Waals surface area contributed by atoms with Gasteiger partial charge in [0.25, 0.3) is 0 Å². The fraction of sp³-hybridized carbons (Fsp3) is 0.222. The predicted octanol–water partition coefficient (Wildman–Crippen LogP) is 1.41. The van der Waals surface area contributed by atoms with E-state index in [0.29, 0.717) is 5.69 Å². The van der Waals surface area contributed by atoms with Crippen molar-refractivity contribution < 1.29 is 9.18 Å². The molecule has 1 amide bonds. The minimum absolute atomic E-state index is 0. The van der Waals surface area contributed by atoms with Gasteiger partial charge >= 0.3 is 0 Å². The maximum absolute atomic E-state index is 12.6. The van der Waals surface area contributed by atoms with Crippen molar-refractivity contribution in [2.45, 2.75) is 0 Å². The summed E-state index contributed by atoms with van der Waals surface area (Å²) in [5.41, 5.74) is 0.472. The summed E-state index contributed by atoms with van der Waals surface area (Å²) in [5.74, 6) is -0.546. The maximum Gasteiger partial charge on any atom is 0.238 e. The van der Waals surface area contributed by atoms with Crippen LogP contribution in [0, 0.1) is 5.82 Å². The Morgan fingerprint density at radius 1 is 1.50 bits per heavy atom. The van der Waals surface area contributed by atoms with E-state index in [9.17, 15) is 9.18 Å². The van der Waals surface area contributed by atoms with E-state index < -0.39 is 0 Å². The second-order valence-electron chi connectivity index (χ2n) is 2.59. The lowest BCUT2D eigenvalue weighted by molar-refractivity contribution is -0.115. The number of hydrogen-bond acceptors (Lipinski definition) is 2. The van der Waals surface area contributed by atoms with Gasteiger partial charge in [-0.1, -0.05) is 6.07 Å². The van der Waals surface area contributed by atoms with Crippen LogP contribution < -0.4 is 10.6 Å². The van der Waals surface area contributed by atoms with Crippen LogP contribution in [-0.4, -0.2) is 19.5 Å². The molecule has 0 saturated heterocycles. The zero-order valence-electron chi connectivity index (χ0n) is 7.71. The monoisotopic (exact) mass is 218 g/mol. The Labute approximate surface area is 88.1 Å². The first kappa shape index (κ1) is 12.9. The van der Waals surface area contributed by atoms with Gasteiger partial charge in [0, 0.05) is 5.69 Å². The molecule has 2 N–H and O–H groups in total. The zero-order valence-corrected chi connectivity index (χ0v) is 8.53. The highest BCUT2D eigenvalue weighted by molar-refractivity contribution is 5.92. The van der Waals surface area contributed by atoms with Crippen LogP contribution in [0.3, 0.4) is 0 Å². The lowest BCUT2D eigenvalue weighted by Crippen LogP contribution is -2.25.